The molecule has 4 nitrogen and oxygen atoms in total. The second-order valence-electron chi connectivity index (χ2n) is 6.41. The van der Waals surface area contributed by atoms with Crippen LogP contribution in [0.5, 0.6) is 0 Å². The Labute approximate surface area is 129 Å². The van der Waals surface area contributed by atoms with Crippen molar-refractivity contribution in [3.63, 3.8) is 0 Å². The maximum atomic E-state index is 12.2. The third-order valence-corrected chi connectivity index (χ3v) is 4.61. The summed E-state index contributed by atoms with van der Waals surface area (Å²) in [5.41, 5.74) is 0. The summed E-state index contributed by atoms with van der Waals surface area (Å²) in [7, 11) is 0. The molecule has 0 spiro atoms. The number of nitrogens with one attached hydrogen (secondary N) is 2. The average molecular weight is 296 g/mol. The molecule has 1 aliphatic rings. The van der Waals surface area contributed by atoms with Crippen LogP contribution in [0, 0.1) is 11.8 Å². The zero-order valence-electron chi connectivity index (χ0n) is 13.9. The number of unbranched alkanes of at least 4 members (excludes halogenated alkanes) is 1. The van der Waals surface area contributed by atoms with E-state index in [9.17, 15) is 9.59 Å². The summed E-state index contributed by atoms with van der Waals surface area (Å²) >= 11 is 0. The first-order chi connectivity index (χ1) is 10.1. The van der Waals surface area contributed by atoms with Crippen LogP contribution in [0.25, 0.3) is 0 Å². The molecule has 1 fully saturated rings. The van der Waals surface area contributed by atoms with Crippen LogP contribution in [0.4, 0.5) is 0 Å². The number of hydrogen-bond acceptors (Lipinski definition) is 2. The van der Waals surface area contributed by atoms with Crippen LogP contribution in [-0.2, 0) is 9.59 Å². The Bertz CT molecular complexity index is 323. The van der Waals surface area contributed by atoms with Crippen molar-refractivity contribution in [3.05, 3.63) is 0 Å². The van der Waals surface area contributed by atoms with Gasteiger partial charge in [-0.3, -0.25) is 9.59 Å². The van der Waals surface area contributed by atoms with Crippen LogP contribution in [0.1, 0.15) is 72.1 Å². The van der Waals surface area contributed by atoms with E-state index in [4.69, 9.17) is 0 Å². The number of rotatable bonds is 8. The predicted molar refractivity (Wildman–Crippen MR) is 85.9 cm³/mol. The quantitative estimate of drug-likeness (QED) is 0.723. The van der Waals surface area contributed by atoms with E-state index in [0.29, 0.717) is 5.92 Å². The van der Waals surface area contributed by atoms with Crippen molar-refractivity contribution in [2.24, 2.45) is 11.8 Å². The monoisotopic (exact) mass is 296 g/mol. The molecule has 0 aromatic carbocycles. The van der Waals surface area contributed by atoms with E-state index < -0.39 is 0 Å². The minimum absolute atomic E-state index is 0.0320. The van der Waals surface area contributed by atoms with Crippen molar-refractivity contribution in [1.82, 2.24) is 10.6 Å². The molecule has 1 unspecified atom stereocenters. The highest BCUT2D eigenvalue weighted by atomic mass is 16.2. The summed E-state index contributed by atoms with van der Waals surface area (Å²) in [6.45, 7) is 6.78. The first-order valence-electron chi connectivity index (χ1n) is 8.61. The molecule has 1 atom stereocenters. The topological polar surface area (TPSA) is 58.2 Å². The molecule has 1 aliphatic carbocycles. The van der Waals surface area contributed by atoms with Gasteiger partial charge >= 0.3 is 0 Å². The zero-order chi connectivity index (χ0) is 15.7. The van der Waals surface area contributed by atoms with E-state index in [2.05, 4.69) is 24.5 Å². The van der Waals surface area contributed by atoms with Crippen LogP contribution >= 0.6 is 0 Å². The lowest BCUT2D eigenvalue weighted by atomic mass is 9.85. The van der Waals surface area contributed by atoms with Crippen molar-refractivity contribution in [2.45, 2.75) is 78.2 Å². The van der Waals surface area contributed by atoms with E-state index >= 15 is 0 Å². The molecule has 0 radical (unpaired) electrons. The molecule has 0 heterocycles. The van der Waals surface area contributed by atoms with E-state index in [0.717, 1.165) is 38.6 Å². The lowest BCUT2D eigenvalue weighted by molar-refractivity contribution is -0.126. The van der Waals surface area contributed by atoms with Crippen LogP contribution in [0.15, 0.2) is 0 Å². The summed E-state index contributed by atoms with van der Waals surface area (Å²) in [6.07, 6.45) is 8.44. The molecular weight excluding hydrogens is 264 g/mol. The van der Waals surface area contributed by atoms with Gasteiger partial charge in [0.25, 0.3) is 0 Å². The van der Waals surface area contributed by atoms with Gasteiger partial charge in [0, 0.05) is 25.4 Å². The smallest absolute Gasteiger partial charge is 0.223 e. The van der Waals surface area contributed by atoms with Crippen molar-refractivity contribution >= 4 is 11.8 Å². The van der Waals surface area contributed by atoms with Crippen LogP contribution < -0.4 is 10.6 Å². The molecule has 1 rings (SSSR count). The lowest BCUT2D eigenvalue weighted by Crippen LogP contribution is -2.41. The van der Waals surface area contributed by atoms with Gasteiger partial charge in [-0.15, -0.1) is 0 Å². The third-order valence-electron chi connectivity index (χ3n) is 4.61. The minimum Gasteiger partial charge on any atom is -0.356 e. The Hall–Kier alpha value is -1.06. The summed E-state index contributed by atoms with van der Waals surface area (Å²) in [5.74, 6) is 0.999. The molecule has 4 heteroatoms. The van der Waals surface area contributed by atoms with Gasteiger partial charge in [-0.1, -0.05) is 33.1 Å². The number of amides is 2. The SMILES string of the molecule is CCCCC(CC)CNC(=O)C1CCC(NC(C)=O)CC1. The molecule has 0 aromatic rings. The molecule has 2 amide bonds. The number of carbonyl (C=O) groups excluding carboxylic acids is 2. The predicted octanol–water partition coefficient (Wildman–Crippen LogP) is 3.01. The fraction of sp³-hybridized carbons (Fsp3) is 0.882. The van der Waals surface area contributed by atoms with Gasteiger partial charge in [0.15, 0.2) is 0 Å². The van der Waals surface area contributed by atoms with Crippen molar-refractivity contribution < 1.29 is 9.59 Å². The van der Waals surface area contributed by atoms with Crippen LogP contribution in [0.3, 0.4) is 0 Å². The Kier molecular flexibility index (Phi) is 8.40. The van der Waals surface area contributed by atoms with Gasteiger partial charge in [0.1, 0.15) is 0 Å². The van der Waals surface area contributed by atoms with E-state index in [1.165, 1.54) is 19.3 Å². The first kappa shape index (κ1) is 18.0. The Morgan fingerprint density at radius 1 is 1.14 bits per heavy atom. The molecule has 1 saturated carbocycles. The standard InChI is InChI=1S/C17H32N2O2/c1-4-6-7-14(5-2)12-18-17(21)15-8-10-16(11-9-15)19-13(3)20/h14-16H,4-12H2,1-3H3,(H,18,21)(H,19,20). The highest BCUT2D eigenvalue weighted by Gasteiger charge is 2.26. The summed E-state index contributed by atoms with van der Waals surface area (Å²) in [5, 5.41) is 6.09. The third kappa shape index (κ3) is 6.96. The summed E-state index contributed by atoms with van der Waals surface area (Å²) < 4.78 is 0. The highest BCUT2D eigenvalue weighted by Crippen LogP contribution is 2.24. The lowest BCUT2D eigenvalue weighted by Gasteiger charge is -2.28. The Morgan fingerprint density at radius 2 is 1.81 bits per heavy atom. The van der Waals surface area contributed by atoms with Gasteiger partial charge in [-0.05, 0) is 38.0 Å². The van der Waals surface area contributed by atoms with Gasteiger partial charge < -0.3 is 10.6 Å². The van der Waals surface area contributed by atoms with E-state index in [1.807, 2.05) is 0 Å². The molecule has 0 saturated heterocycles. The molecule has 21 heavy (non-hydrogen) atoms. The number of hydrogen-bond donors (Lipinski definition) is 2. The van der Waals surface area contributed by atoms with E-state index in [-0.39, 0.29) is 23.8 Å². The number of carbonyl (C=O) groups is 2. The van der Waals surface area contributed by atoms with Gasteiger partial charge in [-0.25, -0.2) is 0 Å². The van der Waals surface area contributed by atoms with Gasteiger partial charge in [0.2, 0.25) is 11.8 Å². The maximum Gasteiger partial charge on any atom is 0.223 e. The fourth-order valence-electron chi connectivity index (χ4n) is 3.12. The highest BCUT2D eigenvalue weighted by molar-refractivity contribution is 5.78. The fourth-order valence-corrected chi connectivity index (χ4v) is 3.12. The second-order valence-corrected chi connectivity index (χ2v) is 6.41. The maximum absolute atomic E-state index is 12.2. The molecule has 0 aliphatic heterocycles. The Balaban J connectivity index is 2.25. The largest absolute Gasteiger partial charge is 0.356 e. The Morgan fingerprint density at radius 3 is 2.33 bits per heavy atom. The average Bonchev–Trinajstić information content (AvgIpc) is 2.47. The normalized spacial score (nSPS) is 23.4. The molecule has 0 bridgehead atoms. The second kappa shape index (κ2) is 9.80. The molecular formula is C17H32N2O2. The minimum atomic E-state index is 0.0320. The van der Waals surface area contributed by atoms with Gasteiger partial charge in [-0.2, -0.15) is 0 Å². The van der Waals surface area contributed by atoms with Crippen molar-refractivity contribution in [2.75, 3.05) is 6.54 Å². The van der Waals surface area contributed by atoms with Crippen LogP contribution in [0.2, 0.25) is 0 Å². The van der Waals surface area contributed by atoms with Crippen molar-refractivity contribution in [1.29, 1.82) is 0 Å². The van der Waals surface area contributed by atoms with E-state index in [1.54, 1.807) is 6.92 Å². The first-order valence-corrected chi connectivity index (χ1v) is 8.61. The van der Waals surface area contributed by atoms with Crippen LogP contribution in [-0.4, -0.2) is 24.4 Å². The summed E-state index contributed by atoms with van der Waals surface area (Å²) in [4.78, 5) is 23.3. The molecule has 122 valence electrons. The molecule has 0 aromatic heterocycles. The molecule has 2 N–H and O–H groups in total. The van der Waals surface area contributed by atoms with Gasteiger partial charge in [0.05, 0.1) is 0 Å². The summed E-state index contributed by atoms with van der Waals surface area (Å²) in [6, 6.07) is 0.263. The zero-order valence-corrected chi connectivity index (χ0v) is 13.9. The van der Waals surface area contributed by atoms with Crippen molar-refractivity contribution in [3.8, 4) is 0 Å².